The first-order valence-corrected chi connectivity index (χ1v) is 29.0. The molecule has 0 aliphatic rings. The zero-order valence-corrected chi connectivity index (χ0v) is 44.8. The van der Waals surface area contributed by atoms with Gasteiger partial charge in [0.25, 0.3) is 50.6 Å². The monoisotopic (exact) mass is 1210 g/mol. The number of ether oxygens (including phenoxy) is 1. The molecule has 0 aliphatic carbocycles. The molecule has 8 rings (SSSR count). The number of carboxylic acid groups (broad SMARTS) is 1. The standard InChI is InChI=1S/C45H34N10O21S5/c1-20-12-32(34(76-3)19-31(20)48-46-29-11-9-25(77(61,62)63)17-28(29)45(59)60)49-53-41-38(81(73,74)75)16-23-14-36(79(67,68)69)33(18-27(23)43(41)57)50-51-39-21(2)54-55(44(39)58)24-8-10-26-22(13-24)15-37(80(70,71)72)40(42(26)56)52-47-30-6-4-5-7-35(30)78(64,65)66/h4-19,56-58H,1-3H3,(H,59,60)(H,61,62,63)(H,64,65,66)(H,67,68,69)(H,70,71,72)(H,73,74,75)/b48-46+,51-50+,52-47+,53-49+. The van der Waals surface area contributed by atoms with Gasteiger partial charge in [0.2, 0.25) is 5.88 Å². The number of carboxylic acids is 1. The van der Waals surface area contributed by atoms with Crippen molar-refractivity contribution in [1.82, 2.24) is 9.78 Å². The first kappa shape index (κ1) is 58.0. The summed E-state index contributed by atoms with van der Waals surface area (Å²) in [5, 5.41) is 77.7. The minimum atomic E-state index is -5.35. The lowest BCUT2D eigenvalue weighted by Gasteiger charge is -2.12. The van der Waals surface area contributed by atoms with Crippen LogP contribution in [0.2, 0.25) is 0 Å². The van der Waals surface area contributed by atoms with Gasteiger partial charge in [-0.05, 0) is 109 Å². The molecule has 0 unspecified atom stereocenters. The summed E-state index contributed by atoms with van der Waals surface area (Å²) in [7, 11) is -24.3. The van der Waals surface area contributed by atoms with Crippen molar-refractivity contribution in [3.05, 3.63) is 114 Å². The molecule has 8 aromatic rings. The van der Waals surface area contributed by atoms with Crippen molar-refractivity contribution in [3.63, 3.8) is 0 Å². The van der Waals surface area contributed by atoms with Crippen LogP contribution in [0.25, 0.3) is 27.2 Å². The summed E-state index contributed by atoms with van der Waals surface area (Å²) in [5.41, 5.74) is -4.51. The Balaban J connectivity index is 1.17. The maximum atomic E-state index is 12.8. The van der Waals surface area contributed by atoms with E-state index in [0.29, 0.717) is 18.2 Å². The van der Waals surface area contributed by atoms with Crippen LogP contribution in [-0.2, 0) is 50.6 Å². The molecule has 1 aromatic heterocycles. The van der Waals surface area contributed by atoms with Crippen molar-refractivity contribution < 1.29 is 94.8 Å². The van der Waals surface area contributed by atoms with Crippen molar-refractivity contribution in [2.24, 2.45) is 40.9 Å². The van der Waals surface area contributed by atoms with Crippen LogP contribution >= 0.6 is 0 Å². The molecule has 0 spiro atoms. The predicted molar refractivity (Wildman–Crippen MR) is 278 cm³/mol. The van der Waals surface area contributed by atoms with E-state index in [1.54, 1.807) is 0 Å². The maximum absolute atomic E-state index is 12.8. The Labute approximate surface area is 455 Å². The van der Waals surface area contributed by atoms with Crippen molar-refractivity contribution in [3.8, 4) is 28.8 Å². The fraction of sp³-hybridized carbons (Fsp3) is 0.0667. The Kier molecular flexibility index (Phi) is 15.2. The predicted octanol–water partition coefficient (Wildman–Crippen LogP) is 9.51. The number of aromatic nitrogens is 2. The molecular weight excluding hydrogens is 1180 g/mol. The Morgan fingerprint density at radius 1 is 0.494 bits per heavy atom. The molecule has 0 bridgehead atoms. The van der Waals surface area contributed by atoms with Gasteiger partial charge in [-0.3, -0.25) is 22.8 Å². The zero-order valence-electron chi connectivity index (χ0n) is 40.7. The van der Waals surface area contributed by atoms with Crippen LogP contribution in [0.5, 0.6) is 23.1 Å². The van der Waals surface area contributed by atoms with Crippen molar-refractivity contribution in [2.75, 3.05) is 7.11 Å². The first-order valence-electron chi connectivity index (χ1n) is 21.8. The summed E-state index contributed by atoms with van der Waals surface area (Å²) in [6.07, 6.45) is 0. The van der Waals surface area contributed by atoms with Gasteiger partial charge in [0.05, 0.1) is 34.6 Å². The number of rotatable bonds is 16. The zero-order chi connectivity index (χ0) is 59.5. The second kappa shape index (κ2) is 21.2. The molecular formula is C45H34N10O21S5. The lowest BCUT2D eigenvalue weighted by molar-refractivity contribution is 0.0697. The minimum Gasteiger partial charge on any atom is -0.505 e. The van der Waals surface area contributed by atoms with Gasteiger partial charge < -0.3 is 25.2 Å². The first-order chi connectivity index (χ1) is 37.7. The summed E-state index contributed by atoms with van der Waals surface area (Å²) in [5.74, 6) is -4.50. The maximum Gasteiger partial charge on any atom is 0.338 e. The average molecular weight is 1210 g/mol. The molecule has 0 saturated carbocycles. The molecule has 420 valence electrons. The van der Waals surface area contributed by atoms with Gasteiger partial charge in [-0.25, -0.2) is 4.79 Å². The van der Waals surface area contributed by atoms with Gasteiger partial charge in [0.1, 0.15) is 59.5 Å². The van der Waals surface area contributed by atoms with E-state index in [-0.39, 0.29) is 50.5 Å². The quantitative estimate of drug-likeness (QED) is 0.0321. The molecule has 7 aromatic carbocycles. The van der Waals surface area contributed by atoms with Crippen molar-refractivity contribution >= 4 is 124 Å². The fourth-order valence-electron chi connectivity index (χ4n) is 7.63. The number of aromatic hydroxyl groups is 3. The number of methoxy groups -OCH3 is 1. The van der Waals surface area contributed by atoms with Crippen LogP contribution in [0.1, 0.15) is 21.6 Å². The highest BCUT2D eigenvalue weighted by atomic mass is 32.2. The van der Waals surface area contributed by atoms with E-state index in [9.17, 15) is 90.1 Å². The van der Waals surface area contributed by atoms with E-state index in [2.05, 4.69) is 46.0 Å². The highest BCUT2D eigenvalue weighted by Gasteiger charge is 2.28. The lowest BCUT2D eigenvalue weighted by Crippen LogP contribution is -2.02. The lowest BCUT2D eigenvalue weighted by atomic mass is 10.1. The average Bonchev–Trinajstić information content (AvgIpc) is 3.66. The van der Waals surface area contributed by atoms with Gasteiger partial charge in [-0.15, -0.1) is 35.8 Å². The number of nitrogens with zero attached hydrogens (tertiary/aromatic N) is 10. The van der Waals surface area contributed by atoms with Gasteiger partial charge in [-0.2, -0.15) is 57.0 Å². The number of fused-ring (bicyclic) bond motifs is 2. The number of hydrogen-bond donors (Lipinski definition) is 9. The fourth-order valence-corrected chi connectivity index (χ4v) is 10.7. The molecule has 0 saturated heterocycles. The molecule has 81 heavy (non-hydrogen) atoms. The Bertz CT molecular complexity index is 4760. The third-order valence-electron chi connectivity index (χ3n) is 11.4. The number of hydrogen-bond acceptors (Lipinski definition) is 24. The van der Waals surface area contributed by atoms with E-state index in [4.69, 9.17) is 4.74 Å². The van der Waals surface area contributed by atoms with Crippen molar-refractivity contribution in [1.29, 1.82) is 0 Å². The number of phenolic OH excluding ortho intramolecular Hbond substituents is 2. The smallest absolute Gasteiger partial charge is 0.338 e. The van der Waals surface area contributed by atoms with E-state index in [1.807, 2.05) is 0 Å². The molecule has 1 heterocycles. The highest BCUT2D eigenvalue weighted by molar-refractivity contribution is 7.87. The van der Waals surface area contributed by atoms with E-state index >= 15 is 0 Å². The van der Waals surface area contributed by atoms with Crippen molar-refractivity contribution in [2.45, 2.75) is 38.3 Å². The number of azo groups is 4. The second-order valence-corrected chi connectivity index (χ2v) is 23.7. The second-order valence-electron chi connectivity index (χ2n) is 16.7. The molecule has 0 atom stereocenters. The summed E-state index contributed by atoms with van der Waals surface area (Å²) < 4.78 is 179. The molecule has 0 aliphatic heterocycles. The third kappa shape index (κ3) is 11.9. The highest BCUT2D eigenvalue weighted by Crippen LogP contribution is 2.47. The van der Waals surface area contributed by atoms with Crippen LogP contribution in [0.3, 0.4) is 0 Å². The number of aromatic carboxylic acids is 1. The van der Waals surface area contributed by atoms with Gasteiger partial charge >= 0.3 is 5.97 Å². The van der Waals surface area contributed by atoms with E-state index in [0.717, 1.165) is 41.1 Å². The summed E-state index contributed by atoms with van der Waals surface area (Å²) in [6.45, 7) is 2.77. The number of phenols is 2. The molecule has 0 amide bonds. The number of benzene rings is 7. The van der Waals surface area contributed by atoms with Gasteiger partial charge in [0.15, 0.2) is 17.2 Å². The Morgan fingerprint density at radius 2 is 1.01 bits per heavy atom. The summed E-state index contributed by atoms with van der Waals surface area (Å²) in [4.78, 5) is 7.22. The largest absolute Gasteiger partial charge is 0.505 e. The molecule has 0 radical (unpaired) electrons. The van der Waals surface area contributed by atoms with Crippen LogP contribution in [0.15, 0.2) is 162 Å². The van der Waals surface area contributed by atoms with Crippen LogP contribution < -0.4 is 4.74 Å². The Morgan fingerprint density at radius 3 is 1.59 bits per heavy atom. The van der Waals surface area contributed by atoms with Crippen LogP contribution in [0.4, 0.5) is 45.5 Å². The van der Waals surface area contributed by atoms with Crippen LogP contribution in [0, 0.1) is 13.8 Å². The summed E-state index contributed by atoms with van der Waals surface area (Å²) in [6, 6.07) is 16.3. The molecule has 31 nitrogen and oxygen atoms in total. The van der Waals surface area contributed by atoms with E-state index in [1.165, 1.54) is 63.4 Å². The normalized spacial score (nSPS) is 13.0. The van der Waals surface area contributed by atoms with Gasteiger partial charge in [0, 0.05) is 16.8 Å². The number of carbonyl (C=O) groups is 1. The SMILES string of the molecule is COc1cc(/N=N/c2ccc(S(=O)(=O)O)cc2C(=O)O)c(C)cc1/N=N/c1c(S(=O)(=O)O)cc2cc(S(=O)(=O)O)c(/N=N/c3c(C)nn(-c4ccc5c(O)c(/N=N/c6ccccc6S(=O)(=O)O)c(S(=O)(=O)O)cc5c4)c3O)cc2c1O. The topological polar surface area (TPSA) is 496 Å². The molecule has 36 heteroatoms. The van der Waals surface area contributed by atoms with E-state index < -0.39 is 143 Å². The molecule has 9 N–H and O–H groups in total. The summed E-state index contributed by atoms with van der Waals surface area (Å²) >= 11 is 0. The molecule has 0 fully saturated rings. The van der Waals surface area contributed by atoms with Crippen LogP contribution in [-0.4, -0.2) is 108 Å². The third-order valence-corrected chi connectivity index (χ3v) is 15.8. The number of aryl methyl sites for hydroxylation is 2. The minimum absolute atomic E-state index is 0.0241. The Hall–Kier alpha value is -9.11. The van der Waals surface area contributed by atoms with Gasteiger partial charge in [-0.1, -0.05) is 12.1 Å².